The molecule has 4 rings (SSSR count). The van der Waals surface area contributed by atoms with Crippen molar-refractivity contribution in [1.82, 2.24) is 0 Å². The number of carbonyl (C=O) groups is 2. The van der Waals surface area contributed by atoms with Gasteiger partial charge >= 0.3 is 5.97 Å². The predicted octanol–water partition coefficient (Wildman–Crippen LogP) is 3.06. The molecule has 0 radical (unpaired) electrons. The van der Waals surface area contributed by atoms with E-state index in [1.165, 1.54) is 19.3 Å². The summed E-state index contributed by atoms with van der Waals surface area (Å²) in [4.78, 5) is 22.9. The first-order valence-electron chi connectivity index (χ1n) is 7.68. The second kappa shape index (κ2) is 4.54. The molecule has 0 spiro atoms. The highest BCUT2D eigenvalue weighted by Crippen LogP contribution is 2.60. The van der Waals surface area contributed by atoms with Gasteiger partial charge in [-0.05, 0) is 70.1 Å². The zero-order valence-corrected chi connectivity index (χ0v) is 12.3. The number of halogens is 1. The summed E-state index contributed by atoms with van der Waals surface area (Å²) < 4.78 is 19.2. The van der Waals surface area contributed by atoms with Gasteiger partial charge in [0.25, 0.3) is 5.67 Å². The first-order chi connectivity index (χ1) is 9.31. The van der Waals surface area contributed by atoms with E-state index >= 15 is 0 Å². The molecule has 1 unspecified atom stereocenters. The molecule has 0 saturated heterocycles. The van der Waals surface area contributed by atoms with Crippen molar-refractivity contribution in [3.05, 3.63) is 0 Å². The minimum Gasteiger partial charge on any atom is -0.462 e. The number of alkyl halides is 1. The molecule has 0 N–H and O–H groups in total. The van der Waals surface area contributed by atoms with Gasteiger partial charge in [-0.2, -0.15) is 0 Å². The average molecular weight is 282 g/mol. The van der Waals surface area contributed by atoms with E-state index in [9.17, 15) is 14.0 Å². The normalized spacial score (nSPS) is 41.2. The third kappa shape index (κ3) is 2.27. The summed E-state index contributed by atoms with van der Waals surface area (Å²) in [5.41, 5.74) is -2.43. The number of hydrogen-bond acceptors (Lipinski definition) is 3. The molecule has 0 aliphatic heterocycles. The molecule has 0 aromatic heterocycles. The topological polar surface area (TPSA) is 43.4 Å². The van der Waals surface area contributed by atoms with Gasteiger partial charge in [-0.3, -0.25) is 4.79 Å². The maximum Gasteiger partial charge on any atom is 0.351 e. The van der Waals surface area contributed by atoms with E-state index in [0.29, 0.717) is 6.61 Å². The zero-order valence-electron chi connectivity index (χ0n) is 12.3. The number of Topliss-reactive ketones (excluding diaryl/α,β-unsaturated/α-hetero) is 1. The Hall–Kier alpha value is -0.930. The molecule has 4 bridgehead atoms. The lowest BCUT2D eigenvalue weighted by Gasteiger charge is -2.56. The van der Waals surface area contributed by atoms with Gasteiger partial charge in [0.05, 0.1) is 6.61 Å². The van der Waals surface area contributed by atoms with Crippen molar-refractivity contribution in [3.8, 4) is 0 Å². The molecule has 0 aromatic carbocycles. The van der Waals surface area contributed by atoms with Gasteiger partial charge < -0.3 is 4.74 Å². The monoisotopic (exact) mass is 282 g/mol. The Morgan fingerprint density at radius 3 is 2.00 bits per heavy atom. The van der Waals surface area contributed by atoms with E-state index in [0.717, 1.165) is 50.9 Å². The second-order valence-corrected chi connectivity index (χ2v) is 7.55. The van der Waals surface area contributed by atoms with Crippen LogP contribution < -0.4 is 0 Å². The molecule has 4 fully saturated rings. The lowest BCUT2D eigenvalue weighted by atomic mass is 9.50. The molecule has 0 heterocycles. The van der Waals surface area contributed by atoms with Crippen molar-refractivity contribution < 1.29 is 18.7 Å². The number of esters is 1. The summed E-state index contributed by atoms with van der Waals surface area (Å²) in [6, 6.07) is 0. The SMILES string of the molecule is CC(=O)C(C)(F)C(=O)OCC12CC3CC(CC(C3)C1)C2. The first-order valence-corrected chi connectivity index (χ1v) is 7.68. The fraction of sp³-hybridized carbons (Fsp3) is 0.875. The molecular weight excluding hydrogens is 259 g/mol. The Kier molecular flexibility index (Phi) is 3.18. The van der Waals surface area contributed by atoms with Crippen molar-refractivity contribution >= 4 is 11.8 Å². The van der Waals surface area contributed by atoms with Crippen molar-refractivity contribution in [1.29, 1.82) is 0 Å². The number of carbonyl (C=O) groups excluding carboxylic acids is 2. The van der Waals surface area contributed by atoms with Gasteiger partial charge in [0.2, 0.25) is 0 Å². The molecule has 20 heavy (non-hydrogen) atoms. The van der Waals surface area contributed by atoms with Gasteiger partial charge in [0, 0.05) is 5.41 Å². The molecule has 4 heteroatoms. The van der Waals surface area contributed by atoms with Crippen LogP contribution in [0.4, 0.5) is 4.39 Å². The zero-order chi connectivity index (χ0) is 14.5. The van der Waals surface area contributed by atoms with Crippen LogP contribution in [0.1, 0.15) is 52.4 Å². The smallest absolute Gasteiger partial charge is 0.351 e. The van der Waals surface area contributed by atoms with Gasteiger partial charge in [0.15, 0.2) is 5.78 Å². The van der Waals surface area contributed by atoms with Crippen molar-refractivity contribution in [2.75, 3.05) is 6.61 Å². The lowest BCUT2D eigenvalue weighted by molar-refractivity contribution is -0.170. The van der Waals surface area contributed by atoms with E-state index in [1.807, 2.05) is 0 Å². The van der Waals surface area contributed by atoms with E-state index in [-0.39, 0.29) is 5.41 Å². The maximum atomic E-state index is 13.9. The quantitative estimate of drug-likeness (QED) is 0.588. The summed E-state index contributed by atoms with van der Waals surface area (Å²) in [6.45, 7) is 2.38. The summed E-state index contributed by atoms with van der Waals surface area (Å²) in [5, 5.41) is 0. The molecular formula is C16H23FO3. The van der Waals surface area contributed by atoms with Crippen LogP contribution in [-0.4, -0.2) is 24.0 Å². The van der Waals surface area contributed by atoms with Crippen molar-refractivity contribution in [2.45, 2.75) is 58.0 Å². The fourth-order valence-electron chi connectivity index (χ4n) is 4.96. The number of rotatable bonds is 4. The fourth-order valence-corrected chi connectivity index (χ4v) is 4.96. The number of ketones is 1. The van der Waals surface area contributed by atoms with Crippen LogP contribution in [0.5, 0.6) is 0 Å². The summed E-state index contributed by atoms with van der Waals surface area (Å²) in [7, 11) is 0. The third-order valence-corrected chi connectivity index (χ3v) is 5.72. The first kappa shape index (κ1) is 14.0. The van der Waals surface area contributed by atoms with Crippen LogP contribution in [0.2, 0.25) is 0 Å². The molecule has 0 amide bonds. The van der Waals surface area contributed by atoms with Crippen molar-refractivity contribution in [3.63, 3.8) is 0 Å². The highest BCUT2D eigenvalue weighted by molar-refractivity contribution is 6.05. The summed E-state index contributed by atoms with van der Waals surface area (Å²) in [6.07, 6.45) is 7.28. The highest BCUT2D eigenvalue weighted by atomic mass is 19.1. The third-order valence-electron chi connectivity index (χ3n) is 5.72. The van der Waals surface area contributed by atoms with Crippen LogP contribution in [0.15, 0.2) is 0 Å². The van der Waals surface area contributed by atoms with Crippen molar-refractivity contribution in [2.24, 2.45) is 23.2 Å². The van der Waals surface area contributed by atoms with Gasteiger partial charge in [-0.25, -0.2) is 9.18 Å². The molecule has 4 aliphatic rings. The molecule has 4 aliphatic carbocycles. The molecule has 1 atom stereocenters. The van der Waals surface area contributed by atoms with Crippen LogP contribution in [0, 0.1) is 23.2 Å². The minimum absolute atomic E-state index is 0.0667. The Labute approximate surface area is 119 Å². The molecule has 3 nitrogen and oxygen atoms in total. The van der Waals surface area contributed by atoms with E-state index in [1.54, 1.807) is 0 Å². The van der Waals surface area contributed by atoms with E-state index in [2.05, 4.69) is 0 Å². The Morgan fingerprint density at radius 1 is 1.15 bits per heavy atom. The van der Waals surface area contributed by atoms with E-state index in [4.69, 9.17) is 4.74 Å². The van der Waals surface area contributed by atoms with Gasteiger partial charge in [-0.1, -0.05) is 0 Å². The Bertz CT molecular complexity index is 406. The standard InChI is InChI=1S/C16H23FO3/c1-10(18)15(2,17)14(19)20-9-16-6-11-3-12(7-16)5-13(4-11)8-16/h11-13H,3-9H2,1-2H3. The van der Waals surface area contributed by atoms with Crippen LogP contribution in [-0.2, 0) is 14.3 Å². The molecule has 0 aromatic rings. The van der Waals surface area contributed by atoms with Gasteiger partial charge in [-0.15, -0.1) is 0 Å². The van der Waals surface area contributed by atoms with Crippen LogP contribution in [0.3, 0.4) is 0 Å². The van der Waals surface area contributed by atoms with E-state index < -0.39 is 17.4 Å². The maximum absolute atomic E-state index is 13.9. The average Bonchev–Trinajstić information content (AvgIpc) is 2.34. The lowest BCUT2D eigenvalue weighted by Crippen LogP contribution is -2.49. The highest BCUT2D eigenvalue weighted by Gasteiger charge is 2.52. The Morgan fingerprint density at radius 2 is 1.60 bits per heavy atom. The number of hydrogen-bond donors (Lipinski definition) is 0. The Balaban J connectivity index is 1.64. The predicted molar refractivity (Wildman–Crippen MR) is 71.8 cm³/mol. The molecule has 4 saturated carbocycles. The van der Waals surface area contributed by atoms with Crippen LogP contribution in [0.25, 0.3) is 0 Å². The molecule has 112 valence electrons. The summed E-state index contributed by atoms with van der Waals surface area (Å²) >= 11 is 0. The van der Waals surface area contributed by atoms with Gasteiger partial charge in [0.1, 0.15) is 0 Å². The number of ether oxygens (including phenoxy) is 1. The van der Waals surface area contributed by atoms with Crippen LogP contribution >= 0.6 is 0 Å². The second-order valence-electron chi connectivity index (χ2n) is 7.55. The summed E-state index contributed by atoms with van der Waals surface area (Å²) in [5.74, 6) is 0.507. The largest absolute Gasteiger partial charge is 0.462 e. The minimum atomic E-state index is -2.50.